The number of nitrogens with one attached hydrogen (secondary N) is 1. The Kier molecular flexibility index (Phi) is 4.33. The molecular weight excluding hydrogens is 350 g/mol. The summed E-state index contributed by atoms with van der Waals surface area (Å²) < 4.78 is 5.94. The van der Waals surface area contributed by atoms with Gasteiger partial charge >= 0.3 is 0 Å². The number of benzene rings is 2. The lowest BCUT2D eigenvalue weighted by atomic mass is 10.2. The number of hydrogen-bond acceptors (Lipinski definition) is 5. The highest BCUT2D eigenvalue weighted by molar-refractivity contribution is 5.77. The largest absolute Gasteiger partial charge is 0.434 e. The van der Waals surface area contributed by atoms with Crippen LogP contribution in [0.25, 0.3) is 0 Å². The molecule has 1 saturated heterocycles. The minimum Gasteiger partial charge on any atom is -0.434 e. The van der Waals surface area contributed by atoms with Crippen LogP contribution in [-0.4, -0.2) is 43.4 Å². The van der Waals surface area contributed by atoms with Crippen LogP contribution in [0.1, 0.15) is 5.56 Å². The molecule has 28 heavy (non-hydrogen) atoms. The Morgan fingerprint density at radius 3 is 2.50 bits per heavy atom. The topological polar surface area (TPSA) is 45.9 Å². The number of rotatable bonds is 3. The maximum atomic E-state index is 5.94. The van der Waals surface area contributed by atoms with Crippen LogP contribution in [0.3, 0.4) is 0 Å². The van der Waals surface area contributed by atoms with Crippen molar-refractivity contribution >= 4 is 17.2 Å². The zero-order chi connectivity index (χ0) is 18.9. The fraction of sp³-hybridized carbons (Fsp3) is 0.273. The molecule has 5 rings (SSSR count). The Bertz CT molecular complexity index is 970. The Hall–Kier alpha value is -3.12. The number of hydrogen-bond donors (Lipinski definition) is 1. The third kappa shape index (κ3) is 3.16. The van der Waals surface area contributed by atoms with Crippen LogP contribution in [0.4, 0.5) is 17.2 Å². The smallest absolute Gasteiger partial charge is 0.263 e. The Labute approximate surface area is 165 Å². The summed E-state index contributed by atoms with van der Waals surface area (Å²) in [5, 5.41) is 8.82. The molecule has 0 aliphatic carbocycles. The number of fused-ring (bicyclic) bond motifs is 2. The molecule has 6 heteroatoms. The van der Waals surface area contributed by atoms with Crippen LogP contribution in [0.15, 0.2) is 60.7 Å². The van der Waals surface area contributed by atoms with Crippen LogP contribution in [0, 0.1) is 0 Å². The van der Waals surface area contributed by atoms with Crippen LogP contribution < -0.4 is 19.4 Å². The van der Waals surface area contributed by atoms with Gasteiger partial charge in [0.05, 0.1) is 31.9 Å². The Balaban J connectivity index is 1.29. The van der Waals surface area contributed by atoms with E-state index in [-0.39, 0.29) is 0 Å². The molecule has 2 aromatic carbocycles. The highest BCUT2D eigenvalue weighted by atomic mass is 16.5. The van der Waals surface area contributed by atoms with Crippen molar-refractivity contribution in [2.45, 2.75) is 6.54 Å². The molecule has 0 radical (unpaired) electrons. The van der Waals surface area contributed by atoms with E-state index in [1.165, 1.54) is 5.56 Å². The van der Waals surface area contributed by atoms with Gasteiger partial charge in [0.25, 0.3) is 5.88 Å². The average Bonchev–Trinajstić information content (AvgIpc) is 2.75. The lowest BCUT2D eigenvalue weighted by Gasteiger charge is -2.34. The fourth-order valence-electron chi connectivity index (χ4n) is 4.00. The summed E-state index contributed by atoms with van der Waals surface area (Å²) in [7, 11) is 2.05. The molecule has 1 fully saturated rings. The molecule has 142 valence electrons. The zero-order valence-corrected chi connectivity index (χ0v) is 16.0. The second kappa shape index (κ2) is 7.13. The molecule has 0 spiro atoms. The van der Waals surface area contributed by atoms with Gasteiger partial charge in [0.1, 0.15) is 12.2 Å². The fourth-order valence-corrected chi connectivity index (χ4v) is 4.00. The number of ether oxygens (including phenoxy) is 1. The summed E-state index contributed by atoms with van der Waals surface area (Å²) in [5.41, 5.74) is 3.41. The molecule has 3 aromatic rings. The lowest BCUT2D eigenvalue weighted by molar-refractivity contribution is -0.914. The summed E-state index contributed by atoms with van der Waals surface area (Å²) in [6.07, 6.45) is 0. The van der Waals surface area contributed by atoms with Gasteiger partial charge in [-0.2, -0.15) is 0 Å². The van der Waals surface area contributed by atoms with Crippen LogP contribution in [0.5, 0.6) is 11.6 Å². The second-order valence-electron chi connectivity index (χ2n) is 7.42. The van der Waals surface area contributed by atoms with Crippen molar-refractivity contribution in [2.24, 2.45) is 0 Å². The second-order valence-corrected chi connectivity index (χ2v) is 7.42. The van der Waals surface area contributed by atoms with Crippen LogP contribution >= 0.6 is 0 Å². The van der Waals surface area contributed by atoms with Crippen molar-refractivity contribution < 1.29 is 9.64 Å². The predicted octanol–water partition coefficient (Wildman–Crippen LogP) is 2.26. The van der Waals surface area contributed by atoms with Gasteiger partial charge in [-0.15, -0.1) is 10.2 Å². The molecule has 0 amide bonds. The van der Waals surface area contributed by atoms with Gasteiger partial charge in [0.2, 0.25) is 0 Å². The van der Waals surface area contributed by atoms with Gasteiger partial charge in [-0.05, 0) is 12.1 Å². The molecule has 0 unspecified atom stereocenters. The van der Waals surface area contributed by atoms with Crippen molar-refractivity contribution in [1.82, 2.24) is 10.2 Å². The first-order chi connectivity index (χ1) is 13.8. The molecule has 0 bridgehead atoms. The van der Waals surface area contributed by atoms with Crippen molar-refractivity contribution in [3.8, 4) is 11.6 Å². The van der Waals surface area contributed by atoms with Gasteiger partial charge in [-0.25, -0.2) is 0 Å². The molecule has 2 aliphatic rings. The standard InChI is InChI=1S/C22H23N5O/c1-25-18-9-5-6-10-20(18)28-22-19(25)15-21(23-24-22)27-13-11-26(12-14-27)16-17-7-3-2-4-8-17/h2-10,15H,11-14,16H2,1H3/p+1. The van der Waals surface area contributed by atoms with E-state index in [0.717, 1.165) is 55.7 Å². The van der Waals surface area contributed by atoms with Crippen molar-refractivity contribution in [2.75, 3.05) is 43.0 Å². The van der Waals surface area contributed by atoms with E-state index in [4.69, 9.17) is 4.74 Å². The quantitative estimate of drug-likeness (QED) is 0.762. The first kappa shape index (κ1) is 17.0. The molecule has 0 saturated carbocycles. The maximum absolute atomic E-state index is 5.94. The number of para-hydroxylation sites is 2. The van der Waals surface area contributed by atoms with E-state index >= 15 is 0 Å². The lowest BCUT2D eigenvalue weighted by Crippen LogP contribution is -3.13. The third-order valence-corrected chi connectivity index (χ3v) is 5.61. The first-order valence-corrected chi connectivity index (χ1v) is 9.79. The van der Waals surface area contributed by atoms with Gasteiger partial charge in [-0.3, -0.25) is 0 Å². The van der Waals surface area contributed by atoms with Crippen molar-refractivity contribution in [3.63, 3.8) is 0 Å². The summed E-state index contributed by atoms with van der Waals surface area (Å²) in [6.45, 7) is 5.25. The van der Waals surface area contributed by atoms with E-state index in [9.17, 15) is 0 Å². The minimum absolute atomic E-state index is 0.568. The highest BCUT2D eigenvalue weighted by Crippen LogP contribution is 2.44. The van der Waals surface area contributed by atoms with Gasteiger partial charge in [0.15, 0.2) is 11.6 Å². The maximum Gasteiger partial charge on any atom is 0.263 e. The highest BCUT2D eigenvalue weighted by Gasteiger charge is 2.26. The number of anilines is 3. The Morgan fingerprint density at radius 1 is 0.929 bits per heavy atom. The molecule has 2 aliphatic heterocycles. The number of quaternary nitrogens is 1. The first-order valence-electron chi connectivity index (χ1n) is 9.79. The number of piperazine rings is 1. The van der Waals surface area contributed by atoms with E-state index in [1.807, 2.05) is 25.2 Å². The van der Waals surface area contributed by atoms with E-state index in [0.29, 0.717) is 5.88 Å². The normalized spacial score (nSPS) is 16.3. The van der Waals surface area contributed by atoms with Crippen molar-refractivity contribution in [3.05, 3.63) is 66.2 Å². The molecular formula is C22H24N5O+. The van der Waals surface area contributed by atoms with Gasteiger partial charge < -0.3 is 19.4 Å². The zero-order valence-electron chi connectivity index (χ0n) is 16.0. The number of nitrogens with zero attached hydrogens (tertiary/aromatic N) is 4. The summed E-state index contributed by atoms with van der Waals surface area (Å²) in [5.74, 6) is 2.31. The molecule has 1 N–H and O–H groups in total. The average molecular weight is 374 g/mol. The van der Waals surface area contributed by atoms with Gasteiger partial charge in [0, 0.05) is 18.7 Å². The van der Waals surface area contributed by atoms with E-state index in [2.05, 4.69) is 62.5 Å². The van der Waals surface area contributed by atoms with Crippen LogP contribution in [0.2, 0.25) is 0 Å². The van der Waals surface area contributed by atoms with E-state index < -0.39 is 0 Å². The number of aromatic nitrogens is 2. The third-order valence-electron chi connectivity index (χ3n) is 5.61. The molecule has 0 atom stereocenters. The van der Waals surface area contributed by atoms with E-state index in [1.54, 1.807) is 4.90 Å². The molecule has 1 aromatic heterocycles. The summed E-state index contributed by atoms with van der Waals surface area (Å²) in [6, 6.07) is 20.8. The van der Waals surface area contributed by atoms with Gasteiger partial charge in [-0.1, -0.05) is 42.5 Å². The molecule has 3 heterocycles. The monoisotopic (exact) mass is 374 g/mol. The summed E-state index contributed by atoms with van der Waals surface area (Å²) >= 11 is 0. The Morgan fingerprint density at radius 2 is 1.68 bits per heavy atom. The summed E-state index contributed by atoms with van der Waals surface area (Å²) in [4.78, 5) is 6.07. The van der Waals surface area contributed by atoms with Crippen LogP contribution in [-0.2, 0) is 6.54 Å². The minimum atomic E-state index is 0.568. The SMILES string of the molecule is CN1c2ccccc2Oc2nnc(N3CC[NH+](Cc4ccccc4)CC3)cc21. The molecule has 6 nitrogen and oxygen atoms in total. The predicted molar refractivity (Wildman–Crippen MR) is 110 cm³/mol. The van der Waals surface area contributed by atoms with Crippen molar-refractivity contribution in [1.29, 1.82) is 0 Å².